The number of carbonyl (C=O) groups is 2. The number of nitrogens with zero attached hydrogens (tertiary/aromatic N) is 4. The second kappa shape index (κ2) is 11.4. The first-order valence-corrected chi connectivity index (χ1v) is 12.3. The molecule has 1 aliphatic rings. The number of benzene rings is 2. The number of likely N-dealkylation sites (N-methyl/N-ethyl adjacent to an activating group) is 1. The second-order valence-electron chi connectivity index (χ2n) is 9.10. The molecule has 6 nitrogen and oxygen atoms in total. The molecule has 0 spiro atoms. The summed E-state index contributed by atoms with van der Waals surface area (Å²) in [7, 11) is 3.68. The molecule has 2 heterocycles. The number of hydrogen-bond donors (Lipinski definition) is 0. The zero-order chi connectivity index (χ0) is 24.8. The number of hydrogen-bond acceptors (Lipinski definition) is 3. The molecule has 0 aliphatic carbocycles. The Morgan fingerprint density at radius 2 is 1.86 bits per heavy atom. The predicted octanol–water partition coefficient (Wildman–Crippen LogP) is 4.71. The quantitative estimate of drug-likeness (QED) is 0.451. The maximum Gasteiger partial charge on any atom is 0.274 e. The fourth-order valence-electron chi connectivity index (χ4n) is 4.72. The highest BCUT2D eigenvalue weighted by atomic mass is 35.5. The number of piperidine rings is 1. The highest BCUT2D eigenvalue weighted by Gasteiger charge is 2.33. The number of aryl methyl sites for hydroxylation is 1. The van der Waals surface area contributed by atoms with E-state index in [-0.39, 0.29) is 23.8 Å². The average Bonchev–Trinajstić information content (AvgIpc) is 3.32. The van der Waals surface area contributed by atoms with Gasteiger partial charge in [-0.3, -0.25) is 14.3 Å². The van der Waals surface area contributed by atoms with E-state index in [0.717, 1.165) is 24.8 Å². The van der Waals surface area contributed by atoms with Crippen molar-refractivity contribution >= 4 is 29.5 Å². The van der Waals surface area contributed by atoms with Crippen LogP contribution in [0.2, 0.25) is 5.02 Å². The van der Waals surface area contributed by atoms with E-state index in [1.54, 1.807) is 29.1 Å². The Balaban J connectivity index is 1.43. The van der Waals surface area contributed by atoms with E-state index in [0.29, 0.717) is 23.8 Å². The van der Waals surface area contributed by atoms with Crippen molar-refractivity contribution in [2.45, 2.75) is 25.3 Å². The van der Waals surface area contributed by atoms with Crippen LogP contribution in [0.3, 0.4) is 0 Å². The molecule has 1 atom stereocenters. The molecule has 0 saturated carbocycles. The van der Waals surface area contributed by atoms with Crippen molar-refractivity contribution in [3.63, 3.8) is 0 Å². The van der Waals surface area contributed by atoms with Gasteiger partial charge in [-0.25, -0.2) is 0 Å². The molecule has 1 unspecified atom stereocenters. The molecular formula is C28H31ClN4O2. The van der Waals surface area contributed by atoms with Crippen LogP contribution in [0.1, 0.15) is 34.5 Å². The SMILES string of the molecule is CN(C(=O)c1ccn(C)n1)C(Cc1ccccc1)C1CCN(C(=O)/C=C/c2cccc(Cl)c2)CC1. The lowest BCUT2D eigenvalue weighted by molar-refractivity contribution is -0.127. The van der Waals surface area contributed by atoms with Crippen LogP contribution in [0.15, 0.2) is 72.9 Å². The summed E-state index contributed by atoms with van der Waals surface area (Å²) in [6.07, 6.45) is 7.65. The minimum Gasteiger partial charge on any atom is -0.339 e. The molecule has 1 fully saturated rings. The monoisotopic (exact) mass is 490 g/mol. The highest BCUT2D eigenvalue weighted by Crippen LogP contribution is 2.27. The molecule has 0 bridgehead atoms. The first kappa shape index (κ1) is 24.7. The summed E-state index contributed by atoms with van der Waals surface area (Å²) < 4.78 is 1.65. The van der Waals surface area contributed by atoms with Crippen LogP contribution in [0, 0.1) is 5.92 Å². The summed E-state index contributed by atoms with van der Waals surface area (Å²) >= 11 is 6.04. The number of amides is 2. The van der Waals surface area contributed by atoms with Crippen molar-refractivity contribution in [1.29, 1.82) is 0 Å². The maximum absolute atomic E-state index is 13.2. The largest absolute Gasteiger partial charge is 0.339 e. The van der Waals surface area contributed by atoms with Crippen molar-refractivity contribution in [1.82, 2.24) is 19.6 Å². The maximum atomic E-state index is 13.2. The van der Waals surface area contributed by atoms with Gasteiger partial charge in [0.05, 0.1) is 0 Å². The first-order chi connectivity index (χ1) is 16.9. The van der Waals surface area contributed by atoms with E-state index in [1.807, 2.05) is 66.4 Å². The van der Waals surface area contributed by atoms with Crippen molar-refractivity contribution < 1.29 is 9.59 Å². The lowest BCUT2D eigenvalue weighted by Crippen LogP contribution is -2.48. The standard InChI is InChI=1S/C28H31ClN4O2/c1-31-16-15-25(30-31)28(35)32(2)26(20-21-7-4-3-5-8-21)23-13-17-33(18-14-23)27(34)12-11-22-9-6-10-24(29)19-22/h3-12,15-16,19,23,26H,13-14,17-18,20H2,1-2H3/b12-11+. The molecule has 1 aliphatic heterocycles. The van der Waals surface area contributed by atoms with Crippen molar-refractivity contribution in [3.8, 4) is 0 Å². The fraction of sp³-hybridized carbons (Fsp3) is 0.321. The van der Waals surface area contributed by atoms with E-state index in [4.69, 9.17) is 11.6 Å². The summed E-state index contributed by atoms with van der Waals surface area (Å²) in [6, 6.07) is 19.5. The van der Waals surface area contributed by atoms with Crippen molar-refractivity contribution in [2.75, 3.05) is 20.1 Å². The Kier molecular flexibility index (Phi) is 8.03. The Labute approximate surface area is 211 Å². The minimum atomic E-state index is -0.0745. The summed E-state index contributed by atoms with van der Waals surface area (Å²) in [6.45, 7) is 1.33. The van der Waals surface area contributed by atoms with Gasteiger partial charge >= 0.3 is 0 Å². The van der Waals surface area contributed by atoms with Crippen molar-refractivity contribution in [2.24, 2.45) is 13.0 Å². The van der Waals surface area contributed by atoms with Gasteiger partial charge in [-0.2, -0.15) is 5.10 Å². The third-order valence-electron chi connectivity index (χ3n) is 6.70. The van der Waals surface area contributed by atoms with Crippen molar-refractivity contribution in [3.05, 3.63) is 94.8 Å². The molecule has 0 N–H and O–H groups in total. The normalized spacial score (nSPS) is 15.3. The highest BCUT2D eigenvalue weighted by molar-refractivity contribution is 6.30. The van der Waals surface area contributed by atoms with Crippen LogP contribution in [-0.4, -0.2) is 57.6 Å². The second-order valence-corrected chi connectivity index (χ2v) is 9.54. The van der Waals surface area contributed by atoms with Crippen LogP contribution in [0.5, 0.6) is 0 Å². The third-order valence-corrected chi connectivity index (χ3v) is 6.94. The molecule has 182 valence electrons. The summed E-state index contributed by atoms with van der Waals surface area (Å²) in [5.74, 6) is 0.212. The predicted molar refractivity (Wildman–Crippen MR) is 139 cm³/mol. The van der Waals surface area contributed by atoms with Crippen LogP contribution >= 0.6 is 11.6 Å². The smallest absolute Gasteiger partial charge is 0.274 e. The van der Waals surface area contributed by atoms with E-state index >= 15 is 0 Å². The van der Waals surface area contributed by atoms with Gasteiger partial charge in [0.15, 0.2) is 0 Å². The number of aromatic nitrogens is 2. The lowest BCUT2D eigenvalue weighted by Gasteiger charge is -2.39. The Morgan fingerprint density at radius 1 is 1.11 bits per heavy atom. The van der Waals surface area contributed by atoms with Crippen LogP contribution in [0.4, 0.5) is 0 Å². The van der Waals surface area contributed by atoms with Crippen LogP contribution in [0.25, 0.3) is 6.08 Å². The molecule has 1 aromatic heterocycles. The fourth-order valence-corrected chi connectivity index (χ4v) is 4.92. The first-order valence-electron chi connectivity index (χ1n) is 11.9. The summed E-state index contributed by atoms with van der Waals surface area (Å²) in [4.78, 5) is 29.7. The van der Waals surface area contributed by atoms with Gasteiger partial charge < -0.3 is 9.80 Å². The molecule has 4 rings (SSSR count). The molecule has 2 amide bonds. The zero-order valence-electron chi connectivity index (χ0n) is 20.2. The number of halogens is 1. The van der Waals surface area contributed by atoms with Crippen LogP contribution < -0.4 is 0 Å². The topological polar surface area (TPSA) is 58.4 Å². The summed E-state index contributed by atoms with van der Waals surface area (Å²) in [5, 5.41) is 4.96. The molecule has 2 aromatic carbocycles. The summed E-state index contributed by atoms with van der Waals surface area (Å²) in [5.41, 5.74) is 2.55. The Hall–Kier alpha value is -3.38. The van der Waals surface area contributed by atoms with Gasteiger partial charge in [0, 0.05) is 50.5 Å². The molecule has 0 radical (unpaired) electrons. The molecule has 3 aromatic rings. The van der Waals surface area contributed by atoms with Gasteiger partial charge in [0.1, 0.15) is 5.69 Å². The molecule has 35 heavy (non-hydrogen) atoms. The zero-order valence-corrected chi connectivity index (χ0v) is 20.9. The Bertz CT molecular complexity index is 1180. The van der Waals surface area contributed by atoms with Gasteiger partial charge in [-0.15, -0.1) is 0 Å². The average molecular weight is 491 g/mol. The van der Waals surface area contributed by atoms with Gasteiger partial charge in [0.25, 0.3) is 5.91 Å². The van der Waals surface area contributed by atoms with E-state index < -0.39 is 0 Å². The molecule has 1 saturated heterocycles. The number of carbonyl (C=O) groups excluding carboxylic acids is 2. The minimum absolute atomic E-state index is 0.000881. The van der Waals surface area contributed by atoms with E-state index in [2.05, 4.69) is 17.2 Å². The van der Waals surface area contributed by atoms with Crippen LogP contribution in [-0.2, 0) is 18.3 Å². The molecular weight excluding hydrogens is 460 g/mol. The van der Waals surface area contributed by atoms with Gasteiger partial charge in [-0.1, -0.05) is 54.1 Å². The third kappa shape index (κ3) is 6.40. The lowest BCUT2D eigenvalue weighted by atomic mass is 9.84. The number of likely N-dealkylation sites (tertiary alicyclic amines) is 1. The van der Waals surface area contributed by atoms with E-state index in [9.17, 15) is 9.59 Å². The number of rotatable bonds is 7. The van der Waals surface area contributed by atoms with E-state index in [1.165, 1.54) is 5.56 Å². The van der Waals surface area contributed by atoms with Gasteiger partial charge in [-0.05, 0) is 60.6 Å². The molecule has 7 heteroatoms. The van der Waals surface area contributed by atoms with Gasteiger partial charge in [0.2, 0.25) is 5.91 Å². The Morgan fingerprint density at radius 3 is 2.51 bits per heavy atom.